The molecule has 0 atom stereocenters. The van der Waals surface area contributed by atoms with Gasteiger partial charge in [0.1, 0.15) is 5.82 Å². The third-order valence-electron chi connectivity index (χ3n) is 5.15. The van der Waals surface area contributed by atoms with Crippen LogP contribution in [-0.2, 0) is 12.0 Å². The van der Waals surface area contributed by atoms with Crippen LogP contribution in [0.4, 0.5) is 5.82 Å². The molecule has 1 aromatic carbocycles. The first kappa shape index (κ1) is 19.2. The van der Waals surface area contributed by atoms with Crippen LogP contribution in [0.15, 0.2) is 36.4 Å². The Morgan fingerprint density at radius 1 is 0.929 bits per heavy atom. The van der Waals surface area contributed by atoms with Gasteiger partial charge in [-0.1, -0.05) is 44.5 Å². The number of fused-ring (bicyclic) bond motifs is 1. The Hall–Kier alpha value is -2.18. The highest BCUT2D eigenvalue weighted by molar-refractivity contribution is 6.30. The molecular formula is C21H27ClN6. The highest BCUT2D eigenvalue weighted by atomic mass is 35.5. The minimum absolute atomic E-state index is 0.0980. The van der Waals surface area contributed by atoms with E-state index in [4.69, 9.17) is 16.7 Å². The molecule has 4 rings (SSSR count). The molecule has 0 bridgehead atoms. The van der Waals surface area contributed by atoms with E-state index in [1.54, 1.807) is 0 Å². The molecule has 0 aliphatic carbocycles. The molecule has 0 unspecified atom stereocenters. The van der Waals surface area contributed by atoms with Gasteiger partial charge in [0.15, 0.2) is 11.5 Å². The Bertz CT molecular complexity index is 944. The van der Waals surface area contributed by atoms with E-state index in [0.29, 0.717) is 0 Å². The molecule has 0 N–H and O–H groups in total. The standard InChI is InChI=1S/C21H27ClN6/c1-21(2,3)20-24-23-18-9-10-19(25-28(18)20)27-12-4-11-26(13-14-27)15-16-5-7-17(22)8-6-16/h5-10H,4,11-15H2,1-3H3. The molecule has 1 saturated heterocycles. The lowest BCUT2D eigenvalue weighted by atomic mass is 9.96. The summed E-state index contributed by atoms with van der Waals surface area (Å²) < 4.78 is 1.89. The van der Waals surface area contributed by atoms with Gasteiger partial charge in [-0.05, 0) is 36.2 Å². The number of benzene rings is 1. The minimum Gasteiger partial charge on any atom is -0.354 e. The lowest BCUT2D eigenvalue weighted by molar-refractivity contribution is 0.285. The molecule has 1 aliphatic heterocycles. The first-order chi connectivity index (χ1) is 13.4. The predicted octanol–water partition coefficient (Wildman–Crippen LogP) is 3.79. The van der Waals surface area contributed by atoms with Gasteiger partial charge in [0, 0.05) is 43.2 Å². The molecule has 1 aliphatic rings. The maximum absolute atomic E-state index is 6.00. The summed E-state index contributed by atoms with van der Waals surface area (Å²) in [7, 11) is 0. The van der Waals surface area contributed by atoms with Crippen LogP contribution < -0.4 is 4.90 Å². The quantitative estimate of drug-likeness (QED) is 0.671. The third-order valence-corrected chi connectivity index (χ3v) is 5.40. The van der Waals surface area contributed by atoms with E-state index in [9.17, 15) is 0 Å². The maximum atomic E-state index is 6.00. The fourth-order valence-electron chi connectivity index (χ4n) is 3.62. The Morgan fingerprint density at radius 2 is 1.71 bits per heavy atom. The van der Waals surface area contributed by atoms with Crippen molar-refractivity contribution in [2.24, 2.45) is 0 Å². The highest BCUT2D eigenvalue weighted by Crippen LogP contribution is 2.22. The zero-order valence-corrected chi connectivity index (χ0v) is 17.5. The van der Waals surface area contributed by atoms with Gasteiger partial charge in [-0.3, -0.25) is 4.90 Å². The SMILES string of the molecule is CC(C)(C)c1nnc2ccc(N3CCCN(Cc4ccc(Cl)cc4)CC3)nn12. The molecule has 148 valence electrons. The number of hydrogen-bond donors (Lipinski definition) is 0. The van der Waals surface area contributed by atoms with E-state index >= 15 is 0 Å². The van der Waals surface area contributed by atoms with Gasteiger partial charge < -0.3 is 4.90 Å². The van der Waals surface area contributed by atoms with E-state index in [-0.39, 0.29) is 5.41 Å². The number of nitrogens with zero attached hydrogens (tertiary/aromatic N) is 6. The van der Waals surface area contributed by atoms with Crippen LogP contribution in [0.5, 0.6) is 0 Å². The lowest BCUT2D eigenvalue weighted by Gasteiger charge is -2.23. The molecule has 6 nitrogen and oxygen atoms in total. The van der Waals surface area contributed by atoms with Crippen molar-refractivity contribution in [2.75, 3.05) is 31.1 Å². The van der Waals surface area contributed by atoms with Crippen LogP contribution in [0.25, 0.3) is 5.65 Å². The Labute approximate surface area is 171 Å². The van der Waals surface area contributed by atoms with Crippen molar-refractivity contribution < 1.29 is 0 Å². The zero-order chi connectivity index (χ0) is 19.7. The van der Waals surface area contributed by atoms with Gasteiger partial charge in [-0.15, -0.1) is 15.3 Å². The second-order valence-electron chi connectivity index (χ2n) is 8.48. The zero-order valence-electron chi connectivity index (χ0n) is 16.8. The van der Waals surface area contributed by atoms with Crippen LogP contribution in [0, 0.1) is 0 Å². The van der Waals surface area contributed by atoms with E-state index in [1.165, 1.54) is 5.56 Å². The van der Waals surface area contributed by atoms with E-state index in [0.717, 1.165) is 61.5 Å². The minimum atomic E-state index is -0.0980. The molecule has 0 saturated carbocycles. The van der Waals surface area contributed by atoms with E-state index < -0.39 is 0 Å². The molecule has 0 radical (unpaired) electrons. The topological polar surface area (TPSA) is 49.6 Å². The molecule has 3 aromatic rings. The Balaban J connectivity index is 1.48. The Kier molecular flexibility index (Phi) is 5.25. The molecule has 0 spiro atoms. The predicted molar refractivity (Wildman–Crippen MR) is 113 cm³/mol. The summed E-state index contributed by atoms with van der Waals surface area (Å²) >= 11 is 6.00. The third kappa shape index (κ3) is 4.13. The molecule has 0 amide bonds. The average Bonchev–Trinajstić information content (AvgIpc) is 2.96. The van der Waals surface area contributed by atoms with Crippen molar-refractivity contribution >= 4 is 23.1 Å². The normalized spacial score (nSPS) is 16.5. The van der Waals surface area contributed by atoms with Gasteiger partial charge in [0.2, 0.25) is 0 Å². The van der Waals surface area contributed by atoms with Gasteiger partial charge in [-0.25, -0.2) is 0 Å². The average molecular weight is 399 g/mol. The largest absolute Gasteiger partial charge is 0.354 e. The lowest BCUT2D eigenvalue weighted by Crippen LogP contribution is -2.31. The number of rotatable bonds is 3. The fraction of sp³-hybridized carbons (Fsp3) is 0.476. The van der Waals surface area contributed by atoms with Crippen LogP contribution in [-0.4, -0.2) is 50.9 Å². The summed E-state index contributed by atoms with van der Waals surface area (Å²) in [4.78, 5) is 4.87. The maximum Gasteiger partial charge on any atom is 0.178 e. The van der Waals surface area contributed by atoms with Crippen molar-refractivity contribution in [3.05, 3.63) is 52.8 Å². The van der Waals surface area contributed by atoms with Crippen LogP contribution in [0.3, 0.4) is 0 Å². The van der Waals surface area contributed by atoms with E-state index in [2.05, 4.69) is 59.0 Å². The van der Waals surface area contributed by atoms with Crippen LogP contribution >= 0.6 is 11.6 Å². The smallest absolute Gasteiger partial charge is 0.178 e. The number of aromatic nitrogens is 4. The van der Waals surface area contributed by atoms with Crippen LogP contribution in [0.2, 0.25) is 5.02 Å². The van der Waals surface area contributed by atoms with Crippen molar-refractivity contribution in [3.63, 3.8) is 0 Å². The van der Waals surface area contributed by atoms with Gasteiger partial charge in [0.05, 0.1) is 0 Å². The summed E-state index contributed by atoms with van der Waals surface area (Å²) in [6.07, 6.45) is 1.11. The first-order valence-electron chi connectivity index (χ1n) is 9.85. The van der Waals surface area contributed by atoms with Gasteiger partial charge in [-0.2, -0.15) is 4.52 Å². The molecule has 3 heterocycles. The van der Waals surface area contributed by atoms with Crippen LogP contribution in [0.1, 0.15) is 38.6 Å². The summed E-state index contributed by atoms with van der Waals surface area (Å²) in [5.41, 5.74) is 2.00. The van der Waals surface area contributed by atoms with Crippen molar-refractivity contribution in [2.45, 2.75) is 39.2 Å². The second kappa shape index (κ2) is 7.68. The molecule has 28 heavy (non-hydrogen) atoms. The first-order valence-corrected chi connectivity index (χ1v) is 10.2. The van der Waals surface area contributed by atoms with Crippen molar-refractivity contribution in [3.8, 4) is 0 Å². The van der Waals surface area contributed by atoms with E-state index in [1.807, 2.05) is 22.7 Å². The summed E-state index contributed by atoms with van der Waals surface area (Å²) in [5.74, 6) is 1.88. The summed E-state index contributed by atoms with van der Waals surface area (Å²) in [6, 6.07) is 12.2. The Morgan fingerprint density at radius 3 is 2.46 bits per heavy atom. The number of hydrogen-bond acceptors (Lipinski definition) is 5. The van der Waals surface area contributed by atoms with Crippen molar-refractivity contribution in [1.82, 2.24) is 24.7 Å². The summed E-state index contributed by atoms with van der Waals surface area (Å²) in [6.45, 7) is 11.4. The molecule has 7 heteroatoms. The number of anilines is 1. The molecular weight excluding hydrogens is 372 g/mol. The molecule has 1 fully saturated rings. The van der Waals surface area contributed by atoms with Gasteiger partial charge in [0.25, 0.3) is 0 Å². The van der Waals surface area contributed by atoms with Crippen molar-refractivity contribution in [1.29, 1.82) is 0 Å². The highest BCUT2D eigenvalue weighted by Gasteiger charge is 2.23. The second-order valence-corrected chi connectivity index (χ2v) is 8.91. The monoisotopic (exact) mass is 398 g/mol. The fourth-order valence-corrected chi connectivity index (χ4v) is 3.75. The number of halogens is 1. The van der Waals surface area contributed by atoms with Gasteiger partial charge >= 0.3 is 0 Å². The molecule has 2 aromatic heterocycles. The summed E-state index contributed by atoms with van der Waals surface area (Å²) in [5, 5.41) is 14.3.